The maximum atomic E-state index is 8.19. The second-order valence-corrected chi connectivity index (χ2v) is 7.32. The van der Waals surface area contributed by atoms with Gasteiger partial charge in [0.25, 0.3) is 0 Å². The van der Waals surface area contributed by atoms with Gasteiger partial charge >= 0.3 is 0 Å². The van der Waals surface area contributed by atoms with Crippen LogP contribution in [0.25, 0.3) is 11.1 Å². The Morgan fingerprint density at radius 2 is 1.96 bits per heavy atom. The highest BCUT2D eigenvalue weighted by Crippen LogP contribution is 2.31. The van der Waals surface area contributed by atoms with E-state index in [2.05, 4.69) is 22.0 Å². The number of morpholine rings is 1. The van der Waals surface area contributed by atoms with Crippen molar-refractivity contribution in [2.45, 2.75) is 19.4 Å². The average molecular weight is 379 g/mol. The van der Waals surface area contributed by atoms with Crippen molar-refractivity contribution in [1.29, 1.82) is 10.8 Å². The van der Waals surface area contributed by atoms with Crippen LogP contribution in [0.5, 0.6) is 0 Å². The fraction of sp³-hybridized carbons (Fsp3) is 0.381. The second-order valence-electron chi connectivity index (χ2n) is 7.32. The second kappa shape index (κ2) is 8.08. The van der Waals surface area contributed by atoms with Gasteiger partial charge in [-0.15, -0.1) is 0 Å². The monoisotopic (exact) mass is 379 g/mol. The number of nitrogens with zero attached hydrogens (tertiary/aromatic N) is 2. The zero-order valence-electron chi connectivity index (χ0n) is 15.8. The number of nitrogen functional groups attached to an aromatic ring is 1. The SMILES string of the molecule is N=C(OC(=N)C1CC1)c1cc(-c2cccc(CN3CCOCC3)c2)cnc1N. The van der Waals surface area contributed by atoms with Crippen molar-refractivity contribution in [3.8, 4) is 11.1 Å². The lowest BCUT2D eigenvalue weighted by atomic mass is 10.0. The highest BCUT2D eigenvalue weighted by molar-refractivity contribution is 6.03. The van der Waals surface area contributed by atoms with Gasteiger partial charge in [0.05, 0.1) is 18.8 Å². The molecule has 1 aromatic carbocycles. The lowest BCUT2D eigenvalue weighted by Crippen LogP contribution is -2.35. The number of benzene rings is 1. The number of rotatable bonds is 5. The van der Waals surface area contributed by atoms with Crippen molar-refractivity contribution in [3.05, 3.63) is 47.7 Å². The number of nitrogens with two attached hydrogens (primary N) is 1. The molecule has 2 aliphatic rings. The van der Waals surface area contributed by atoms with E-state index in [1.165, 1.54) is 5.56 Å². The molecule has 28 heavy (non-hydrogen) atoms. The van der Waals surface area contributed by atoms with Crippen molar-refractivity contribution in [1.82, 2.24) is 9.88 Å². The zero-order chi connectivity index (χ0) is 19.5. The molecule has 146 valence electrons. The molecule has 0 atom stereocenters. The topological polar surface area (TPSA) is 108 Å². The first-order valence-electron chi connectivity index (χ1n) is 9.60. The van der Waals surface area contributed by atoms with Gasteiger partial charge in [0, 0.05) is 37.3 Å². The summed E-state index contributed by atoms with van der Waals surface area (Å²) >= 11 is 0. The van der Waals surface area contributed by atoms with Crippen molar-refractivity contribution in [3.63, 3.8) is 0 Å². The first-order chi connectivity index (χ1) is 13.6. The summed E-state index contributed by atoms with van der Waals surface area (Å²) in [4.78, 5) is 6.63. The predicted octanol–water partition coefficient (Wildman–Crippen LogP) is 2.89. The van der Waals surface area contributed by atoms with E-state index in [1.807, 2.05) is 18.2 Å². The smallest absolute Gasteiger partial charge is 0.224 e. The van der Waals surface area contributed by atoms with Crippen LogP contribution in [-0.2, 0) is 16.0 Å². The minimum atomic E-state index is -0.117. The number of ether oxygens (including phenoxy) is 2. The molecule has 7 nitrogen and oxygen atoms in total. The van der Waals surface area contributed by atoms with Gasteiger partial charge in [-0.05, 0) is 36.1 Å². The molecule has 7 heteroatoms. The van der Waals surface area contributed by atoms with Gasteiger partial charge in [-0.2, -0.15) is 0 Å². The lowest BCUT2D eigenvalue weighted by molar-refractivity contribution is 0.0342. The van der Waals surface area contributed by atoms with Gasteiger partial charge < -0.3 is 15.2 Å². The summed E-state index contributed by atoms with van der Waals surface area (Å²) in [5.41, 5.74) is 9.50. The number of nitrogens with one attached hydrogen (secondary N) is 2. The highest BCUT2D eigenvalue weighted by Gasteiger charge is 2.29. The van der Waals surface area contributed by atoms with Crippen LogP contribution in [0.4, 0.5) is 5.82 Å². The Morgan fingerprint density at radius 3 is 2.71 bits per heavy atom. The van der Waals surface area contributed by atoms with Crippen LogP contribution in [0.3, 0.4) is 0 Å². The largest absolute Gasteiger partial charge is 0.425 e. The van der Waals surface area contributed by atoms with Crippen LogP contribution in [0.1, 0.15) is 24.0 Å². The molecule has 2 fully saturated rings. The molecule has 2 aromatic rings. The van der Waals surface area contributed by atoms with E-state index >= 15 is 0 Å². The third kappa shape index (κ3) is 4.37. The first-order valence-corrected chi connectivity index (χ1v) is 9.60. The normalized spacial score (nSPS) is 17.3. The van der Waals surface area contributed by atoms with Gasteiger partial charge in [0.1, 0.15) is 5.82 Å². The lowest BCUT2D eigenvalue weighted by Gasteiger charge is -2.26. The zero-order valence-corrected chi connectivity index (χ0v) is 15.8. The molecule has 1 saturated heterocycles. The molecule has 1 aliphatic heterocycles. The van der Waals surface area contributed by atoms with Crippen LogP contribution in [0.2, 0.25) is 0 Å². The molecule has 1 saturated carbocycles. The Labute approximate surface area is 164 Å². The van der Waals surface area contributed by atoms with E-state index in [-0.39, 0.29) is 23.5 Å². The minimum Gasteiger partial charge on any atom is -0.425 e. The molecule has 4 rings (SSSR count). The Balaban J connectivity index is 1.52. The average Bonchev–Trinajstić information content (AvgIpc) is 3.55. The number of aromatic nitrogens is 1. The van der Waals surface area contributed by atoms with Gasteiger partial charge in [-0.1, -0.05) is 18.2 Å². The summed E-state index contributed by atoms with van der Waals surface area (Å²) in [6, 6.07) is 10.1. The number of pyridine rings is 1. The van der Waals surface area contributed by atoms with Crippen molar-refractivity contribution >= 4 is 17.6 Å². The third-order valence-corrected chi connectivity index (χ3v) is 5.09. The summed E-state index contributed by atoms with van der Waals surface area (Å²) in [6.45, 7) is 4.33. The van der Waals surface area contributed by atoms with E-state index < -0.39 is 0 Å². The summed E-state index contributed by atoms with van der Waals surface area (Å²) in [5, 5.41) is 16.1. The Bertz CT molecular complexity index is 888. The van der Waals surface area contributed by atoms with Gasteiger partial charge in [0.2, 0.25) is 5.90 Å². The van der Waals surface area contributed by atoms with Crippen LogP contribution in [-0.4, -0.2) is 48.0 Å². The summed E-state index contributed by atoms with van der Waals surface area (Å²) in [7, 11) is 0. The number of hydrogen-bond donors (Lipinski definition) is 3. The van der Waals surface area contributed by atoms with E-state index in [4.69, 9.17) is 26.0 Å². The fourth-order valence-electron chi connectivity index (χ4n) is 3.28. The molecule has 4 N–H and O–H groups in total. The molecule has 0 spiro atoms. The molecular formula is C21H25N5O2. The molecule has 0 bridgehead atoms. The summed E-state index contributed by atoms with van der Waals surface area (Å²) in [5.74, 6) is 0.409. The number of hydrogen-bond acceptors (Lipinski definition) is 7. The molecule has 0 unspecified atom stereocenters. The van der Waals surface area contributed by atoms with Gasteiger partial charge in [0.15, 0.2) is 5.90 Å². The van der Waals surface area contributed by atoms with Crippen LogP contribution >= 0.6 is 0 Å². The van der Waals surface area contributed by atoms with Crippen LogP contribution in [0.15, 0.2) is 36.5 Å². The summed E-state index contributed by atoms with van der Waals surface area (Å²) in [6.07, 6.45) is 3.62. The predicted molar refractivity (Wildman–Crippen MR) is 109 cm³/mol. The Hall–Kier alpha value is -2.77. The third-order valence-electron chi connectivity index (χ3n) is 5.09. The quantitative estimate of drug-likeness (QED) is 0.547. The molecule has 1 aliphatic carbocycles. The molecular weight excluding hydrogens is 354 g/mol. The first kappa shape index (κ1) is 18.6. The standard InChI is InChI=1S/C21H25N5O2/c22-19-18(21(24)28-20(23)15-4-5-15)11-17(12-25-19)16-3-1-2-14(10-16)13-26-6-8-27-9-7-26/h1-3,10-12,15,23-24H,4-9,13H2,(H2,22,25). The van der Waals surface area contributed by atoms with Crippen molar-refractivity contribution in [2.75, 3.05) is 32.0 Å². The maximum Gasteiger partial charge on any atom is 0.224 e. The summed E-state index contributed by atoms with van der Waals surface area (Å²) < 4.78 is 10.8. The van der Waals surface area contributed by atoms with E-state index in [0.29, 0.717) is 5.56 Å². The Kier molecular flexibility index (Phi) is 5.36. The molecule has 2 heterocycles. The van der Waals surface area contributed by atoms with Gasteiger partial charge in [-0.3, -0.25) is 15.7 Å². The van der Waals surface area contributed by atoms with Crippen LogP contribution in [0, 0.1) is 16.7 Å². The molecule has 0 amide bonds. The van der Waals surface area contributed by atoms with Crippen molar-refractivity contribution in [2.24, 2.45) is 5.92 Å². The highest BCUT2D eigenvalue weighted by atomic mass is 16.5. The van der Waals surface area contributed by atoms with Crippen molar-refractivity contribution < 1.29 is 9.47 Å². The van der Waals surface area contributed by atoms with E-state index in [9.17, 15) is 0 Å². The Morgan fingerprint density at radius 1 is 1.18 bits per heavy atom. The van der Waals surface area contributed by atoms with Gasteiger partial charge in [-0.25, -0.2) is 4.98 Å². The maximum absolute atomic E-state index is 8.19. The molecule has 1 aromatic heterocycles. The fourth-order valence-corrected chi connectivity index (χ4v) is 3.28. The molecule has 0 radical (unpaired) electrons. The van der Waals surface area contributed by atoms with Crippen LogP contribution < -0.4 is 5.73 Å². The minimum absolute atomic E-state index is 0.117. The van der Waals surface area contributed by atoms with E-state index in [1.54, 1.807) is 6.20 Å². The number of anilines is 1. The van der Waals surface area contributed by atoms with E-state index in [0.717, 1.165) is 56.8 Å².